The first kappa shape index (κ1) is 10.3. The molecule has 0 aliphatic rings. The lowest BCUT2D eigenvalue weighted by atomic mass is 10.2. The molecule has 0 saturated carbocycles. The van der Waals surface area contributed by atoms with Crippen molar-refractivity contribution in [2.45, 2.75) is 12.7 Å². The van der Waals surface area contributed by atoms with Gasteiger partial charge in [-0.1, -0.05) is 11.6 Å². The highest BCUT2D eigenvalue weighted by Gasteiger charge is 2.31. The van der Waals surface area contributed by atoms with E-state index in [2.05, 4.69) is 4.98 Å². The van der Waals surface area contributed by atoms with Crippen LogP contribution in [0.1, 0.15) is 11.1 Å². The molecule has 1 aromatic rings. The molecule has 0 saturated heterocycles. The lowest BCUT2D eigenvalue weighted by molar-refractivity contribution is -0.137. The van der Waals surface area contributed by atoms with E-state index in [1.165, 1.54) is 0 Å². The summed E-state index contributed by atoms with van der Waals surface area (Å²) in [5.41, 5.74) is 4.53. The first-order valence-electron chi connectivity index (χ1n) is 3.37. The lowest BCUT2D eigenvalue weighted by Gasteiger charge is -2.07. The van der Waals surface area contributed by atoms with Gasteiger partial charge in [-0.15, -0.1) is 0 Å². The molecule has 0 amide bonds. The van der Waals surface area contributed by atoms with Gasteiger partial charge in [-0.3, -0.25) is 0 Å². The number of hydrogen-bond acceptors (Lipinski definition) is 2. The van der Waals surface area contributed by atoms with Crippen molar-refractivity contribution in [3.05, 3.63) is 28.5 Å². The minimum Gasteiger partial charge on any atom is -0.326 e. The number of alkyl halides is 3. The molecule has 2 nitrogen and oxygen atoms in total. The molecule has 1 aromatic heterocycles. The van der Waals surface area contributed by atoms with E-state index in [1.54, 1.807) is 0 Å². The normalized spacial score (nSPS) is 11.8. The lowest BCUT2D eigenvalue weighted by Crippen LogP contribution is -2.08. The van der Waals surface area contributed by atoms with Gasteiger partial charge in [0, 0.05) is 18.3 Å². The Balaban J connectivity index is 3.14. The van der Waals surface area contributed by atoms with E-state index in [0.29, 0.717) is 6.20 Å². The summed E-state index contributed by atoms with van der Waals surface area (Å²) >= 11 is 5.49. The minimum atomic E-state index is -4.40. The van der Waals surface area contributed by atoms with E-state index < -0.39 is 11.7 Å². The SMILES string of the molecule is NCc1cc(C(F)(F)F)cnc1Cl. The minimum absolute atomic E-state index is 0.00972. The number of nitrogens with zero attached hydrogens (tertiary/aromatic N) is 1. The van der Waals surface area contributed by atoms with Crippen LogP contribution < -0.4 is 5.73 Å². The molecule has 0 aliphatic carbocycles. The van der Waals surface area contributed by atoms with E-state index >= 15 is 0 Å². The maximum atomic E-state index is 12.1. The second-order valence-corrected chi connectivity index (χ2v) is 2.73. The van der Waals surface area contributed by atoms with Crippen molar-refractivity contribution in [2.24, 2.45) is 5.73 Å². The molecule has 0 atom stereocenters. The van der Waals surface area contributed by atoms with Crippen LogP contribution in [0.5, 0.6) is 0 Å². The Morgan fingerprint density at radius 3 is 2.54 bits per heavy atom. The van der Waals surface area contributed by atoms with Gasteiger partial charge in [-0.25, -0.2) is 4.98 Å². The summed E-state index contributed by atoms with van der Waals surface area (Å²) in [6, 6.07) is 0.898. The Kier molecular flexibility index (Phi) is 2.77. The smallest absolute Gasteiger partial charge is 0.326 e. The molecule has 0 aromatic carbocycles. The third-order valence-corrected chi connectivity index (χ3v) is 1.80. The highest BCUT2D eigenvalue weighted by atomic mass is 35.5. The molecule has 2 N–H and O–H groups in total. The van der Waals surface area contributed by atoms with Gasteiger partial charge in [-0.2, -0.15) is 13.2 Å². The Bertz CT molecular complexity index is 311. The molecular weight excluding hydrogens is 205 g/mol. The first-order valence-corrected chi connectivity index (χ1v) is 3.74. The Labute approximate surface area is 77.5 Å². The average Bonchev–Trinajstić information content (AvgIpc) is 2.03. The predicted molar refractivity (Wildman–Crippen MR) is 42.1 cm³/mol. The van der Waals surface area contributed by atoms with Crippen LogP contribution in [0, 0.1) is 0 Å². The van der Waals surface area contributed by atoms with E-state index in [4.69, 9.17) is 17.3 Å². The summed E-state index contributed by atoms with van der Waals surface area (Å²) in [6.07, 6.45) is -3.72. The molecule has 0 radical (unpaired) electrons. The van der Waals surface area contributed by atoms with Gasteiger partial charge >= 0.3 is 6.18 Å². The Hall–Kier alpha value is -0.810. The fourth-order valence-electron chi connectivity index (χ4n) is 0.792. The zero-order valence-electron chi connectivity index (χ0n) is 6.40. The summed E-state index contributed by atoms with van der Waals surface area (Å²) in [6.45, 7) is -0.0598. The van der Waals surface area contributed by atoms with Gasteiger partial charge in [0.15, 0.2) is 0 Å². The number of halogens is 4. The standard InChI is InChI=1S/C7H6ClF3N2/c8-6-4(2-12)1-5(3-13-6)7(9,10)11/h1,3H,2,12H2. The highest BCUT2D eigenvalue weighted by molar-refractivity contribution is 6.30. The number of rotatable bonds is 1. The van der Waals surface area contributed by atoms with E-state index in [-0.39, 0.29) is 17.3 Å². The maximum absolute atomic E-state index is 12.1. The van der Waals surface area contributed by atoms with Crippen molar-refractivity contribution >= 4 is 11.6 Å². The molecule has 0 unspecified atom stereocenters. The molecule has 0 fully saturated rings. The van der Waals surface area contributed by atoms with Crippen LogP contribution in [-0.4, -0.2) is 4.98 Å². The first-order chi connectivity index (χ1) is 5.95. The molecule has 0 bridgehead atoms. The van der Waals surface area contributed by atoms with E-state index in [9.17, 15) is 13.2 Å². The molecule has 1 rings (SSSR count). The molecule has 1 heterocycles. The third-order valence-electron chi connectivity index (χ3n) is 1.46. The van der Waals surface area contributed by atoms with Gasteiger partial charge in [0.05, 0.1) is 5.56 Å². The zero-order chi connectivity index (χ0) is 10.1. The van der Waals surface area contributed by atoms with E-state index in [0.717, 1.165) is 6.07 Å². The fourth-order valence-corrected chi connectivity index (χ4v) is 0.972. The number of pyridine rings is 1. The molecule has 0 spiro atoms. The van der Waals surface area contributed by atoms with Crippen molar-refractivity contribution in [3.63, 3.8) is 0 Å². The van der Waals surface area contributed by atoms with Crippen molar-refractivity contribution in [1.29, 1.82) is 0 Å². The quantitative estimate of drug-likeness (QED) is 0.722. The number of hydrogen-bond donors (Lipinski definition) is 1. The summed E-state index contributed by atoms with van der Waals surface area (Å²) in [4.78, 5) is 3.38. The van der Waals surface area contributed by atoms with Crippen LogP contribution in [0.25, 0.3) is 0 Å². The molecular formula is C7H6ClF3N2. The monoisotopic (exact) mass is 210 g/mol. The summed E-state index contributed by atoms with van der Waals surface area (Å²) < 4.78 is 36.3. The van der Waals surface area contributed by atoms with Crippen LogP contribution in [0.4, 0.5) is 13.2 Å². The fraction of sp³-hybridized carbons (Fsp3) is 0.286. The summed E-state index contributed by atoms with van der Waals surface area (Å²) in [5.74, 6) is 0. The van der Waals surface area contributed by atoms with Gasteiger partial charge < -0.3 is 5.73 Å². The average molecular weight is 211 g/mol. The maximum Gasteiger partial charge on any atom is 0.417 e. The van der Waals surface area contributed by atoms with Crippen LogP contribution in [0.2, 0.25) is 5.15 Å². The highest BCUT2D eigenvalue weighted by Crippen LogP contribution is 2.30. The largest absolute Gasteiger partial charge is 0.417 e. The van der Waals surface area contributed by atoms with Crippen LogP contribution in [0.15, 0.2) is 12.3 Å². The zero-order valence-corrected chi connectivity index (χ0v) is 7.15. The molecule has 0 aliphatic heterocycles. The van der Waals surface area contributed by atoms with Crippen molar-refractivity contribution in [3.8, 4) is 0 Å². The van der Waals surface area contributed by atoms with E-state index in [1.807, 2.05) is 0 Å². The Morgan fingerprint density at radius 2 is 2.08 bits per heavy atom. The van der Waals surface area contributed by atoms with Gasteiger partial charge in [0.2, 0.25) is 0 Å². The number of aromatic nitrogens is 1. The molecule has 72 valence electrons. The Morgan fingerprint density at radius 1 is 1.46 bits per heavy atom. The summed E-state index contributed by atoms with van der Waals surface area (Å²) in [5, 5.41) is 0.00972. The molecule has 6 heteroatoms. The number of nitrogens with two attached hydrogens (primary N) is 1. The van der Waals surface area contributed by atoms with Crippen molar-refractivity contribution in [2.75, 3.05) is 0 Å². The summed E-state index contributed by atoms with van der Waals surface area (Å²) in [7, 11) is 0. The second kappa shape index (κ2) is 3.51. The van der Waals surface area contributed by atoms with Gasteiger partial charge in [0.25, 0.3) is 0 Å². The van der Waals surface area contributed by atoms with Crippen LogP contribution in [-0.2, 0) is 12.7 Å². The van der Waals surface area contributed by atoms with Crippen molar-refractivity contribution in [1.82, 2.24) is 4.98 Å². The third kappa shape index (κ3) is 2.32. The van der Waals surface area contributed by atoms with Crippen molar-refractivity contribution < 1.29 is 13.2 Å². The van der Waals surface area contributed by atoms with Crippen LogP contribution >= 0.6 is 11.6 Å². The van der Waals surface area contributed by atoms with Gasteiger partial charge in [-0.05, 0) is 6.07 Å². The topological polar surface area (TPSA) is 38.9 Å². The molecule has 13 heavy (non-hydrogen) atoms. The van der Waals surface area contributed by atoms with Gasteiger partial charge in [0.1, 0.15) is 5.15 Å². The van der Waals surface area contributed by atoms with Crippen LogP contribution in [0.3, 0.4) is 0 Å². The second-order valence-electron chi connectivity index (χ2n) is 2.38. The predicted octanol–water partition coefficient (Wildman–Crippen LogP) is 2.21.